The standard InChI is InChI=1S/C12H21N3O2/c1-3-4-6-17-7-5-14-12(16)11-8-10(13)9-15(11)2/h8-9H,3-7,13H2,1-2H3,(H,14,16). The van der Waals surface area contributed by atoms with E-state index in [1.165, 1.54) is 0 Å². The number of aromatic nitrogens is 1. The van der Waals surface area contributed by atoms with Crippen molar-refractivity contribution < 1.29 is 9.53 Å². The summed E-state index contributed by atoms with van der Waals surface area (Å²) in [7, 11) is 1.79. The molecule has 5 heteroatoms. The van der Waals surface area contributed by atoms with E-state index in [0.29, 0.717) is 24.5 Å². The van der Waals surface area contributed by atoms with Crippen molar-refractivity contribution >= 4 is 11.6 Å². The predicted molar refractivity (Wildman–Crippen MR) is 67.9 cm³/mol. The van der Waals surface area contributed by atoms with Crippen molar-refractivity contribution in [2.45, 2.75) is 19.8 Å². The van der Waals surface area contributed by atoms with Crippen LogP contribution in [0.4, 0.5) is 5.69 Å². The van der Waals surface area contributed by atoms with E-state index in [4.69, 9.17) is 10.5 Å². The summed E-state index contributed by atoms with van der Waals surface area (Å²) in [5.41, 5.74) is 6.76. The number of ether oxygens (including phenoxy) is 1. The molecule has 96 valence electrons. The molecule has 0 unspecified atom stereocenters. The third kappa shape index (κ3) is 4.48. The summed E-state index contributed by atoms with van der Waals surface area (Å²) < 4.78 is 7.06. The minimum Gasteiger partial charge on any atom is -0.397 e. The Bertz CT molecular complexity index is 361. The number of aryl methyl sites for hydroxylation is 1. The fraction of sp³-hybridized carbons (Fsp3) is 0.583. The van der Waals surface area contributed by atoms with Crippen molar-refractivity contribution in [3.63, 3.8) is 0 Å². The molecular weight excluding hydrogens is 218 g/mol. The average Bonchev–Trinajstić information content (AvgIpc) is 2.62. The van der Waals surface area contributed by atoms with Crippen LogP contribution in [-0.2, 0) is 11.8 Å². The number of nitrogen functional groups attached to an aromatic ring is 1. The Hall–Kier alpha value is -1.49. The molecule has 0 aliphatic rings. The summed E-state index contributed by atoms with van der Waals surface area (Å²) in [5.74, 6) is -0.122. The van der Waals surface area contributed by atoms with Crippen molar-refractivity contribution in [3.8, 4) is 0 Å². The Morgan fingerprint density at radius 1 is 1.53 bits per heavy atom. The molecule has 5 nitrogen and oxygen atoms in total. The minimum absolute atomic E-state index is 0.122. The molecule has 1 aromatic heterocycles. The highest BCUT2D eigenvalue weighted by Crippen LogP contribution is 2.07. The fourth-order valence-corrected chi connectivity index (χ4v) is 1.49. The van der Waals surface area contributed by atoms with Crippen molar-refractivity contribution in [1.82, 2.24) is 9.88 Å². The summed E-state index contributed by atoms with van der Waals surface area (Å²) in [4.78, 5) is 11.7. The van der Waals surface area contributed by atoms with Gasteiger partial charge in [-0.15, -0.1) is 0 Å². The number of hydrogen-bond donors (Lipinski definition) is 2. The molecule has 0 aliphatic carbocycles. The van der Waals surface area contributed by atoms with Gasteiger partial charge in [-0.05, 0) is 12.5 Å². The zero-order valence-corrected chi connectivity index (χ0v) is 10.5. The molecule has 0 aliphatic heterocycles. The van der Waals surface area contributed by atoms with Gasteiger partial charge in [0.05, 0.1) is 12.3 Å². The largest absolute Gasteiger partial charge is 0.397 e. The Balaban J connectivity index is 2.23. The van der Waals surface area contributed by atoms with Gasteiger partial charge in [-0.3, -0.25) is 4.79 Å². The van der Waals surface area contributed by atoms with Gasteiger partial charge in [-0.2, -0.15) is 0 Å². The highest BCUT2D eigenvalue weighted by Gasteiger charge is 2.09. The molecule has 0 saturated carbocycles. The summed E-state index contributed by atoms with van der Waals surface area (Å²) in [6.07, 6.45) is 3.89. The van der Waals surface area contributed by atoms with Crippen LogP contribution < -0.4 is 11.1 Å². The topological polar surface area (TPSA) is 69.3 Å². The highest BCUT2D eigenvalue weighted by molar-refractivity contribution is 5.93. The Morgan fingerprint density at radius 3 is 2.88 bits per heavy atom. The van der Waals surface area contributed by atoms with E-state index in [0.717, 1.165) is 19.4 Å². The maximum Gasteiger partial charge on any atom is 0.268 e. The normalized spacial score (nSPS) is 10.5. The molecule has 1 rings (SSSR count). The molecule has 0 bridgehead atoms. The molecule has 0 radical (unpaired) electrons. The summed E-state index contributed by atoms with van der Waals surface area (Å²) in [6, 6.07) is 1.66. The summed E-state index contributed by atoms with van der Waals surface area (Å²) in [5, 5.41) is 2.79. The first kappa shape index (κ1) is 13.6. The van der Waals surface area contributed by atoms with Crippen LogP contribution in [0.2, 0.25) is 0 Å². The van der Waals surface area contributed by atoms with Gasteiger partial charge in [0.2, 0.25) is 0 Å². The molecule has 0 saturated heterocycles. The summed E-state index contributed by atoms with van der Waals surface area (Å²) in [6.45, 7) is 3.94. The first-order valence-electron chi connectivity index (χ1n) is 5.93. The number of carbonyl (C=O) groups is 1. The molecule has 0 atom stereocenters. The van der Waals surface area contributed by atoms with Gasteiger partial charge in [0, 0.05) is 26.4 Å². The third-order valence-corrected chi connectivity index (χ3v) is 2.43. The maximum atomic E-state index is 11.7. The van der Waals surface area contributed by atoms with Crippen LogP contribution in [0, 0.1) is 0 Å². The number of unbranched alkanes of at least 4 members (excludes halogenated alkanes) is 1. The smallest absolute Gasteiger partial charge is 0.268 e. The Kier molecular flexibility index (Phi) is 5.56. The predicted octanol–water partition coefficient (Wildman–Crippen LogP) is 1.15. The van der Waals surface area contributed by atoms with E-state index in [9.17, 15) is 4.79 Å². The van der Waals surface area contributed by atoms with Crippen LogP contribution in [0.3, 0.4) is 0 Å². The maximum absolute atomic E-state index is 11.7. The second-order valence-corrected chi connectivity index (χ2v) is 3.99. The van der Waals surface area contributed by atoms with E-state index in [-0.39, 0.29) is 5.91 Å². The zero-order chi connectivity index (χ0) is 12.7. The molecule has 1 aromatic rings. The number of hydrogen-bond acceptors (Lipinski definition) is 3. The van der Waals surface area contributed by atoms with Gasteiger partial charge < -0.3 is 20.4 Å². The number of nitrogens with two attached hydrogens (primary N) is 1. The first-order valence-corrected chi connectivity index (χ1v) is 5.93. The Labute approximate surface area is 102 Å². The minimum atomic E-state index is -0.122. The zero-order valence-electron chi connectivity index (χ0n) is 10.5. The summed E-state index contributed by atoms with van der Waals surface area (Å²) >= 11 is 0. The van der Waals surface area contributed by atoms with E-state index >= 15 is 0 Å². The molecule has 17 heavy (non-hydrogen) atoms. The van der Waals surface area contributed by atoms with Crippen LogP contribution >= 0.6 is 0 Å². The number of anilines is 1. The Morgan fingerprint density at radius 2 is 2.29 bits per heavy atom. The molecule has 0 fully saturated rings. The molecule has 0 spiro atoms. The van der Waals surface area contributed by atoms with Gasteiger partial charge >= 0.3 is 0 Å². The van der Waals surface area contributed by atoms with Crippen molar-refractivity contribution in [2.24, 2.45) is 7.05 Å². The van der Waals surface area contributed by atoms with Gasteiger partial charge in [0.25, 0.3) is 5.91 Å². The second kappa shape index (κ2) is 6.96. The lowest BCUT2D eigenvalue weighted by molar-refractivity contribution is 0.0905. The second-order valence-electron chi connectivity index (χ2n) is 3.99. The molecule has 1 amide bonds. The number of carbonyl (C=O) groups excluding carboxylic acids is 1. The van der Waals surface area contributed by atoms with Crippen LogP contribution in [0.5, 0.6) is 0 Å². The number of nitrogens with one attached hydrogen (secondary N) is 1. The van der Waals surface area contributed by atoms with Crippen LogP contribution in [0.1, 0.15) is 30.3 Å². The third-order valence-electron chi connectivity index (χ3n) is 2.43. The molecule has 1 heterocycles. The van der Waals surface area contributed by atoms with Gasteiger partial charge in [-0.25, -0.2) is 0 Å². The van der Waals surface area contributed by atoms with Crippen LogP contribution in [0.25, 0.3) is 0 Å². The first-order chi connectivity index (χ1) is 8.15. The number of amides is 1. The van der Waals surface area contributed by atoms with E-state index in [2.05, 4.69) is 12.2 Å². The van der Waals surface area contributed by atoms with Crippen LogP contribution in [0.15, 0.2) is 12.3 Å². The lowest BCUT2D eigenvalue weighted by Gasteiger charge is -2.06. The van der Waals surface area contributed by atoms with Crippen LogP contribution in [-0.4, -0.2) is 30.2 Å². The highest BCUT2D eigenvalue weighted by atomic mass is 16.5. The van der Waals surface area contributed by atoms with Crippen molar-refractivity contribution in [1.29, 1.82) is 0 Å². The molecular formula is C12H21N3O2. The molecule has 0 aromatic carbocycles. The van der Waals surface area contributed by atoms with Gasteiger partial charge in [0.15, 0.2) is 0 Å². The number of rotatable bonds is 7. The molecule has 3 N–H and O–H groups in total. The lowest BCUT2D eigenvalue weighted by Crippen LogP contribution is -2.28. The van der Waals surface area contributed by atoms with E-state index < -0.39 is 0 Å². The van der Waals surface area contributed by atoms with E-state index in [1.807, 2.05) is 0 Å². The van der Waals surface area contributed by atoms with E-state index in [1.54, 1.807) is 23.9 Å². The SMILES string of the molecule is CCCCOCCNC(=O)c1cc(N)cn1C. The number of nitrogens with zero attached hydrogens (tertiary/aromatic N) is 1. The average molecular weight is 239 g/mol. The van der Waals surface area contributed by atoms with Gasteiger partial charge in [0.1, 0.15) is 5.69 Å². The van der Waals surface area contributed by atoms with Gasteiger partial charge in [-0.1, -0.05) is 13.3 Å². The lowest BCUT2D eigenvalue weighted by atomic mass is 10.3. The van der Waals surface area contributed by atoms with Crippen molar-refractivity contribution in [2.75, 3.05) is 25.5 Å². The quantitative estimate of drug-likeness (QED) is 0.701. The van der Waals surface area contributed by atoms with Crippen molar-refractivity contribution in [3.05, 3.63) is 18.0 Å². The monoisotopic (exact) mass is 239 g/mol. The fourth-order valence-electron chi connectivity index (χ4n) is 1.49.